The van der Waals surface area contributed by atoms with E-state index in [2.05, 4.69) is 20.0 Å². The third kappa shape index (κ3) is 4.67. The summed E-state index contributed by atoms with van der Waals surface area (Å²) in [5.74, 6) is 1.000. The Bertz CT molecular complexity index is 284. The van der Waals surface area contributed by atoms with Crippen LogP contribution in [-0.2, 0) is 0 Å². The molecule has 1 aliphatic carbocycles. The Kier molecular flexibility index (Phi) is 5.29. The number of aliphatic hydroxyl groups excluding tert-OH is 1. The van der Waals surface area contributed by atoms with E-state index in [4.69, 9.17) is 0 Å². The summed E-state index contributed by atoms with van der Waals surface area (Å²) >= 11 is 0. The second-order valence-electron chi connectivity index (χ2n) is 6.75. The molecule has 0 aromatic heterocycles. The zero-order valence-electron chi connectivity index (χ0n) is 12.6. The van der Waals surface area contributed by atoms with Crippen LogP contribution in [0.25, 0.3) is 0 Å². The second kappa shape index (κ2) is 7.18. The summed E-state index contributed by atoms with van der Waals surface area (Å²) in [7, 11) is 0. The highest BCUT2D eigenvalue weighted by atomic mass is 16.3. The van der Waals surface area contributed by atoms with Crippen LogP contribution in [0.15, 0.2) is 0 Å². The largest absolute Gasteiger partial charge is 0.390 e. The number of nitrogens with zero attached hydrogens (tertiary/aromatic N) is 3. The minimum atomic E-state index is -0.192. The smallest absolute Gasteiger partial charge is 0.0793 e. The Morgan fingerprint density at radius 2 is 1.40 bits per heavy atom. The first-order valence-electron chi connectivity index (χ1n) is 8.35. The van der Waals surface area contributed by atoms with E-state index in [-0.39, 0.29) is 6.10 Å². The molecule has 2 heterocycles. The molecule has 5 heteroatoms. The Balaban J connectivity index is 1.31. The first-order valence-corrected chi connectivity index (χ1v) is 8.35. The van der Waals surface area contributed by atoms with E-state index in [1.165, 1.54) is 32.5 Å². The van der Waals surface area contributed by atoms with E-state index in [0.29, 0.717) is 0 Å². The minimum absolute atomic E-state index is 0.192. The van der Waals surface area contributed by atoms with Crippen molar-refractivity contribution in [1.29, 1.82) is 0 Å². The standard InChI is InChI=1S/C15H30N4O/c20-15(12-17-5-3-16-4-6-17)13-19-9-7-18(8-10-19)11-14-1-2-14/h14-16,20H,1-13H2. The van der Waals surface area contributed by atoms with Crippen LogP contribution in [0.3, 0.4) is 0 Å². The molecule has 0 bridgehead atoms. The van der Waals surface area contributed by atoms with Gasteiger partial charge >= 0.3 is 0 Å². The lowest BCUT2D eigenvalue weighted by atomic mass is 10.2. The van der Waals surface area contributed by atoms with Crippen molar-refractivity contribution in [3.63, 3.8) is 0 Å². The Labute approximate surface area is 122 Å². The summed E-state index contributed by atoms with van der Waals surface area (Å²) in [6, 6.07) is 0. The molecule has 1 atom stereocenters. The molecule has 5 nitrogen and oxygen atoms in total. The molecule has 0 spiro atoms. The normalized spacial score (nSPS) is 28.6. The lowest BCUT2D eigenvalue weighted by Gasteiger charge is -2.36. The Morgan fingerprint density at radius 3 is 2.00 bits per heavy atom. The predicted molar refractivity (Wildman–Crippen MR) is 80.9 cm³/mol. The van der Waals surface area contributed by atoms with Gasteiger partial charge in [-0.1, -0.05) is 0 Å². The molecule has 20 heavy (non-hydrogen) atoms. The SMILES string of the molecule is OC(CN1CCNCC1)CN1CCN(CC2CC2)CC1. The average Bonchev–Trinajstić information content (AvgIpc) is 3.26. The summed E-state index contributed by atoms with van der Waals surface area (Å²) in [5, 5.41) is 13.6. The monoisotopic (exact) mass is 282 g/mol. The average molecular weight is 282 g/mol. The van der Waals surface area contributed by atoms with Crippen molar-refractivity contribution in [2.45, 2.75) is 18.9 Å². The van der Waals surface area contributed by atoms with Crippen LogP contribution >= 0.6 is 0 Å². The van der Waals surface area contributed by atoms with Crippen molar-refractivity contribution in [2.24, 2.45) is 5.92 Å². The molecule has 0 radical (unpaired) electrons. The molecular weight excluding hydrogens is 252 g/mol. The van der Waals surface area contributed by atoms with Crippen LogP contribution in [0.2, 0.25) is 0 Å². The van der Waals surface area contributed by atoms with Gasteiger partial charge in [-0.3, -0.25) is 9.80 Å². The highest BCUT2D eigenvalue weighted by Crippen LogP contribution is 2.29. The van der Waals surface area contributed by atoms with Gasteiger partial charge in [0.1, 0.15) is 0 Å². The van der Waals surface area contributed by atoms with Crippen molar-refractivity contribution in [2.75, 3.05) is 72.0 Å². The summed E-state index contributed by atoms with van der Waals surface area (Å²) in [6.07, 6.45) is 2.70. The Hall–Kier alpha value is -0.200. The molecule has 116 valence electrons. The maximum absolute atomic E-state index is 10.3. The predicted octanol–water partition coefficient (Wildman–Crippen LogP) is -0.720. The van der Waals surface area contributed by atoms with Crippen LogP contribution in [0, 0.1) is 5.92 Å². The van der Waals surface area contributed by atoms with Crippen LogP contribution in [0.4, 0.5) is 0 Å². The fourth-order valence-electron chi connectivity index (χ4n) is 3.37. The number of piperazine rings is 2. The number of β-amino-alcohol motifs (C(OH)–C–C–N with tert-alkyl or cyclic N) is 1. The lowest BCUT2D eigenvalue weighted by Crippen LogP contribution is -2.52. The number of aliphatic hydroxyl groups is 1. The maximum Gasteiger partial charge on any atom is 0.0793 e. The van der Waals surface area contributed by atoms with E-state index in [0.717, 1.165) is 58.3 Å². The quantitative estimate of drug-likeness (QED) is 0.673. The van der Waals surface area contributed by atoms with E-state index in [9.17, 15) is 5.11 Å². The summed E-state index contributed by atoms with van der Waals surface area (Å²) in [5.41, 5.74) is 0. The third-order valence-corrected chi connectivity index (χ3v) is 4.83. The maximum atomic E-state index is 10.3. The van der Waals surface area contributed by atoms with Crippen LogP contribution in [0.5, 0.6) is 0 Å². The van der Waals surface area contributed by atoms with Crippen molar-refractivity contribution in [3.8, 4) is 0 Å². The number of hydrogen-bond acceptors (Lipinski definition) is 5. The second-order valence-corrected chi connectivity index (χ2v) is 6.75. The molecule has 2 saturated heterocycles. The third-order valence-electron chi connectivity index (χ3n) is 4.83. The minimum Gasteiger partial charge on any atom is -0.390 e. The van der Waals surface area contributed by atoms with Gasteiger partial charge in [0.2, 0.25) is 0 Å². The number of hydrogen-bond donors (Lipinski definition) is 2. The van der Waals surface area contributed by atoms with Gasteiger partial charge in [-0.25, -0.2) is 0 Å². The molecule has 3 aliphatic rings. The van der Waals surface area contributed by atoms with Gasteiger partial charge in [0, 0.05) is 72.0 Å². The van der Waals surface area contributed by atoms with Crippen molar-refractivity contribution in [1.82, 2.24) is 20.0 Å². The van der Waals surface area contributed by atoms with Crippen molar-refractivity contribution < 1.29 is 5.11 Å². The van der Waals surface area contributed by atoms with Gasteiger partial charge in [0.15, 0.2) is 0 Å². The first kappa shape index (κ1) is 14.7. The van der Waals surface area contributed by atoms with Gasteiger partial charge in [0.05, 0.1) is 6.10 Å². The van der Waals surface area contributed by atoms with E-state index in [1.54, 1.807) is 0 Å². The lowest BCUT2D eigenvalue weighted by molar-refractivity contribution is 0.0470. The summed E-state index contributed by atoms with van der Waals surface area (Å²) < 4.78 is 0. The zero-order valence-corrected chi connectivity index (χ0v) is 12.6. The Morgan fingerprint density at radius 1 is 0.850 bits per heavy atom. The van der Waals surface area contributed by atoms with Gasteiger partial charge in [-0.15, -0.1) is 0 Å². The molecule has 0 amide bonds. The van der Waals surface area contributed by atoms with Crippen LogP contribution in [-0.4, -0.2) is 97.9 Å². The van der Waals surface area contributed by atoms with E-state index < -0.39 is 0 Å². The van der Waals surface area contributed by atoms with Crippen LogP contribution in [0.1, 0.15) is 12.8 Å². The molecule has 0 aromatic rings. The van der Waals surface area contributed by atoms with Crippen molar-refractivity contribution >= 4 is 0 Å². The molecule has 1 unspecified atom stereocenters. The van der Waals surface area contributed by atoms with Gasteiger partial charge in [-0.05, 0) is 18.8 Å². The van der Waals surface area contributed by atoms with Crippen LogP contribution < -0.4 is 5.32 Å². The number of rotatable bonds is 6. The van der Waals surface area contributed by atoms with E-state index >= 15 is 0 Å². The molecule has 2 aliphatic heterocycles. The van der Waals surface area contributed by atoms with E-state index in [1.807, 2.05) is 0 Å². The summed E-state index contributed by atoms with van der Waals surface area (Å²) in [4.78, 5) is 7.43. The first-order chi connectivity index (χ1) is 9.79. The molecule has 2 N–H and O–H groups in total. The summed E-state index contributed by atoms with van der Waals surface area (Å²) in [6.45, 7) is 11.9. The molecule has 3 rings (SSSR count). The number of nitrogens with one attached hydrogen (secondary N) is 1. The molecular formula is C15H30N4O. The van der Waals surface area contributed by atoms with Gasteiger partial charge in [-0.2, -0.15) is 0 Å². The highest BCUT2D eigenvalue weighted by Gasteiger charge is 2.27. The fraction of sp³-hybridized carbons (Fsp3) is 1.00. The molecule has 1 saturated carbocycles. The van der Waals surface area contributed by atoms with Crippen molar-refractivity contribution in [3.05, 3.63) is 0 Å². The zero-order chi connectivity index (χ0) is 13.8. The fourth-order valence-corrected chi connectivity index (χ4v) is 3.37. The molecule has 3 fully saturated rings. The topological polar surface area (TPSA) is 42.0 Å². The molecule has 0 aromatic carbocycles. The van der Waals surface area contributed by atoms with Gasteiger partial charge in [0.25, 0.3) is 0 Å². The van der Waals surface area contributed by atoms with Gasteiger partial charge < -0.3 is 15.3 Å². The highest BCUT2D eigenvalue weighted by molar-refractivity contribution is 4.81.